The van der Waals surface area contributed by atoms with Crippen LogP contribution in [0.25, 0.3) is 0 Å². The zero-order valence-corrected chi connectivity index (χ0v) is 9.63. The molecule has 0 aliphatic heterocycles. The lowest BCUT2D eigenvalue weighted by Crippen LogP contribution is -2.10. The Morgan fingerprint density at radius 2 is 2.31 bits per heavy atom. The first kappa shape index (κ1) is 10.5. The first-order chi connectivity index (χ1) is 6.22. The number of nitrogens with zero attached hydrogens (tertiary/aromatic N) is 1. The van der Waals surface area contributed by atoms with Gasteiger partial charge in [-0.1, -0.05) is 20.3 Å². The maximum absolute atomic E-state index is 4.14. The van der Waals surface area contributed by atoms with Gasteiger partial charge in [-0.05, 0) is 34.0 Å². The summed E-state index contributed by atoms with van der Waals surface area (Å²) in [6.07, 6.45) is 3.05. The summed E-state index contributed by atoms with van der Waals surface area (Å²) in [5.41, 5.74) is 1.09. The Morgan fingerprint density at radius 3 is 2.85 bits per heavy atom. The minimum atomic E-state index is 0.712. The van der Waals surface area contributed by atoms with E-state index in [1.54, 1.807) is 0 Å². The van der Waals surface area contributed by atoms with Gasteiger partial charge in [-0.25, -0.2) is 4.98 Å². The maximum atomic E-state index is 4.14. The van der Waals surface area contributed by atoms with Crippen molar-refractivity contribution in [1.29, 1.82) is 0 Å². The van der Waals surface area contributed by atoms with Crippen molar-refractivity contribution in [3.63, 3.8) is 0 Å². The molecule has 2 nitrogen and oxygen atoms in total. The van der Waals surface area contributed by atoms with Crippen molar-refractivity contribution in [2.24, 2.45) is 5.92 Å². The monoisotopic (exact) mass is 242 g/mol. The van der Waals surface area contributed by atoms with Gasteiger partial charge < -0.3 is 5.32 Å². The third-order valence-electron chi connectivity index (χ3n) is 2.08. The van der Waals surface area contributed by atoms with Crippen LogP contribution in [0.5, 0.6) is 0 Å². The van der Waals surface area contributed by atoms with Crippen LogP contribution < -0.4 is 5.32 Å². The molecular formula is C10H15BrN2. The molecule has 0 aliphatic carbocycles. The highest BCUT2D eigenvalue weighted by molar-refractivity contribution is 9.10. The van der Waals surface area contributed by atoms with E-state index in [1.807, 2.05) is 18.3 Å². The lowest BCUT2D eigenvalue weighted by atomic mass is 10.1. The number of aromatic nitrogens is 1. The van der Waals surface area contributed by atoms with Gasteiger partial charge >= 0.3 is 0 Å². The van der Waals surface area contributed by atoms with Gasteiger partial charge in [0.2, 0.25) is 0 Å². The summed E-state index contributed by atoms with van der Waals surface area (Å²) in [7, 11) is 0. The average molecular weight is 243 g/mol. The molecule has 0 radical (unpaired) electrons. The predicted molar refractivity (Wildman–Crippen MR) is 59.9 cm³/mol. The van der Waals surface area contributed by atoms with Crippen LogP contribution in [-0.2, 0) is 0 Å². The molecule has 0 aromatic carbocycles. The number of halogens is 1. The Hall–Kier alpha value is -0.570. The highest BCUT2D eigenvalue weighted by atomic mass is 79.9. The van der Waals surface area contributed by atoms with Gasteiger partial charge in [0.1, 0.15) is 4.60 Å². The van der Waals surface area contributed by atoms with E-state index in [0.717, 1.165) is 16.8 Å². The summed E-state index contributed by atoms with van der Waals surface area (Å²) in [5.74, 6) is 0.712. The fraction of sp³-hybridized carbons (Fsp3) is 0.500. The molecule has 1 rings (SSSR count). The van der Waals surface area contributed by atoms with E-state index in [9.17, 15) is 0 Å². The molecule has 72 valence electrons. The fourth-order valence-electron chi connectivity index (χ4n) is 0.917. The van der Waals surface area contributed by atoms with Crippen molar-refractivity contribution in [1.82, 2.24) is 4.98 Å². The molecule has 0 saturated carbocycles. The Morgan fingerprint density at radius 1 is 1.54 bits per heavy atom. The smallest absolute Gasteiger partial charge is 0.106 e. The topological polar surface area (TPSA) is 24.9 Å². The van der Waals surface area contributed by atoms with Gasteiger partial charge in [0, 0.05) is 6.54 Å². The number of hydrogen-bond donors (Lipinski definition) is 1. The Bertz CT molecular complexity index is 246. The van der Waals surface area contributed by atoms with E-state index < -0.39 is 0 Å². The second-order valence-electron chi connectivity index (χ2n) is 3.26. The first-order valence-corrected chi connectivity index (χ1v) is 5.37. The van der Waals surface area contributed by atoms with Crippen LogP contribution in [0.15, 0.2) is 22.9 Å². The van der Waals surface area contributed by atoms with Crippen molar-refractivity contribution in [3.8, 4) is 0 Å². The molecule has 0 amide bonds. The number of anilines is 1. The molecule has 1 atom stereocenters. The van der Waals surface area contributed by atoms with Crippen LogP contribution in [0.4, 0.5) is 5.69 Å². The lowest BCUT2D eigenvalue weighted by Gasteiger charge is -2.10. The zero-order valence-electron chi connectivity index (χ0n) is 8.05. The van der Waals surface area contributed by atoms with Gasteiger partial charge in [-0.3, -0.25) is 0 Å². The van der Waals surface area contributed by atoms with Crippen molar-refractivity contribution in [2.45, 2.75) is 20.3 Å². The molecule has 1 unspecified atom stereocenters. The van der Waals surface area contributed by atoms with E-state index in [1.165, 1.54) is 6.42 Å². The Balaban J connectivity index is 2.41. The van der Waals surface area contributed by atoms with Crippen molar-refractivity contribution in [3.05, 3.63) is 22.9 Å². The zero-order chi connectivity index (χ0) is 9.68. The summed E-state index contributed by atoms with van der Waals surface area (Å²) >= 11 is 3.30. The number of hydrogen-bond acceptors (Lipinski definition) is 2. The largest absolute Gasteiger partial charge is 0.384 e. The quantitative estimate of drug-likeness (QED) is 0.820. The van der Waals surface area contributed by atoms with Crippen LogP contribution in [-0.4, -0.2) is 11.5 Å². The molecule has 1 N–H and O–H groups in total. The van der Waals surface area contributed by atoms with Crippen molar-refractivity contribution >= 4 is 21.6 Å². The molecule has 0 spiro atoms. The normalized spacial score (nSPS) is 12.5. The minimum absolute atomic E-state index is 0.712. The van der Waals surface area contributed by atoms with E-state index in [0.29, 0.717) is 5.92 Å². The highest BCUT2D eigenvalue weighted by Crippen LogP contribution is 2.11. The molecule has 3 heteroatoms. The van der Waals surface area contributed by atoms with Crippen LogP contribution in [0.1, 0.15) is 20.3 Å². The summed E-state index contributed by atoms with van der Waals surface area (Å²) in [6.45, 7) is 5.45. The summed E-state index contributed by atoms with van der Waals surface area (Å²) in [5, 5.41) is 3.34. The fourth-order valence-corrected chi connectivity index (χ4v) is 1.15. The standard InChI is InChI=1S/C10H15BrN2/c1-3-8(2)6-12-9-4-5-10(11)13-7-9/h4-5,7-8,12H,3,6H2,1-2H3. The summed E-state index contributed by atoms with van der Waals surface area (Å²) in [6, 6.07) is 3.97. The molecule has 0 saturated heterocycles. The number of pyridine rings is 1. The molecule has 0 aliphatic rings. The second kappa shape index (κ2) is 5.22. The first-order valence-electron chi connectivity index (χ1n) is 4.57. The Kier molecular flexibility index (Phi) is 4.22. The van der Waals surface area contributed by atoms with Crippen LogP contribution in [0.2, 0.25) is 0 Å². The predicted octanol–water partition coefficient (Wildman–Crippen LogP) is 3.30. The van der Waals surface area contributed by atoms with Gasteiger partial charge in [-0.15, -0.1) is 0 Å². The van der Waals surface area contributed by atoms with Crippen molar-refractivity contribution in [2.75, 3.05) is 11.9 Å². The average Bonchev–Trinajstić information content (AvgIpc) is 2.16. The van der Waals surface area contributed by atoms with Gasteiger partial charge in [-0.2, -0.15) is 0 Å². The van der Waals surface area contributed by atoms with E-state index >= 15 is 0 Å². The molecule has 13 heavy (non-hydrogen) atoms. The maximum Gasteiger partial charge on any atom is 0.106 e. The summed E-state index contributed by atoms with van der Waals surface area (Å²) < 4.78 is 0.876. The van der Waals surface area contributed by atoms with E-state index in [-0.39, 0.29) is 0 Å². The van der Waals surface area contributed by atoms with Gasteiger partial charge in [0.05, 0.1) is 11.9 Å². The number of rotatable bonds is 4. The lowest BCUT2D eigenvalue weighted by molar-refractivity contribution is 0.593. The van der Waals surface area contributed by atoms with Crippen LogP contribution in [0.3, 0.4) is 0 Å². The van der Waals surface area contributed by atoms with Crippen LogP contribution in [0, 0.1) is 5.92 Å². The number of nitrogens with one attached hydrogen (secondary N) is 1. The third-order valence-corrected chi connectivity index (χ3v) is 2.55. The molecule has 0 bridgehead atoms. The summed E-state index contributed by atoms with van der Waals surface area (Å²) in [4.78, 5) is 4.14. The molecular weight excluding hydrogens is 228 g/mol. The second-order valence-corrected chi connectivity index (χ2v) is 4.08. The van der Waals surface area contributed by atoms with Crippen molar-refractivity contribution < 1.29 is 0 Å². The van der Waals surface area contributed by atoms with Crippen LogP contribution >= 0.6 is 15.9 Å². The SMILES string of the molecule is CCC(C)CNc1ccc(Br)nc1. The molecule has 1 aromatic heterocycles. The molecule has 1 aromatic rings. The third kappa shape index (κ3) is 3.77. The Labute approximate surface area is 87.9 Å². The highest BCUT2D eigenvalue weighted by Gasteiger charge is 1.98. The van der Waals surface area contributed by atoms with Gasteiger partial charge in [0.15, 0.2) is 0 Å². The van der Waals surface area contributed by atoms with E-state index in [4.69, 9.17) is 0 Å². The van der Waals surface area contributed by atoms with E-state index in [2.05, 4.69) is 40.1 Å². The molecule has 1 heterocycles. The molecule has 0 fully saturated rings. The minimum Gasteiger partial charge on any atom is -0.384 e. The van der Waals surface area contributed by atoms with Gasteiger partial charge in [0.25, 0.3) is 0 Å².